The molecule has 1 aliphatic carbocycles. The van der Waals surface area contributed by atoms with E-state index in [1.165, 1.54) is 0 Å². The van der Waals surface area contributed by atoms with Crippen LogP contribution in [0.2, 0.25) is 0 Å². The molecule has 3 nitrogen and oxygen atoms in total. The van der Waals surface area contributed by atoms with Gasteiger partial charge >= 0.3 is 0 Å². The fraction of sp³-hybridized carbons (Fsp3) is 1.00. The lowest BCUT2D eigenvalue weighted by atomic mass is 9.91. The number of hydrogen-bond donors (Lipinski definition) is 3. The van der Waals surface area contributed by atoms with Gasteiger partial charge < -0.3 is 15.9 Å². The van der Waals surface area contributed by atoms with Crippen LogP contribution in [0.5, 0.6) is 0 Å². The predicted molar refractivity (Wildman–Crippen MR) is 33.8 cm³/mol. The Balaban J connectivity index is 2.35. The summed E-state index contributed by atoms with van der Waals surface area (Å²) in [5, 5.41) is 18.0. The summed E-state index contributed by atoms with van der Waals surface area (Å²) < 4.78 is 0. The number of aliphatic hydroxyl groups excluding tert-OH is 2. The molecule has 1 aliphatic rings. The molecule has 0 bridgehead atoms. The van der Waals surface area contributed by atoms with Gasteiger partial charge in [0.05, 0.1) is 12.2 Å². The van der Waals surface area contributed by atoms with Crippen molar-refractivity contribution < 1.29 is 10.2 Å². The first-order valence-electron chi connectivity index (χ1n) is 3.32. The molecule has 0 heterocycles. The molecule has 54 valence electrons. The van der Waals surface area contributed by atoms with Crippen molar-refractivity contribution in [3.63, 3.8) is 0 Å². The summed E-state index contributed by atoms with van der Waals surface area (Å²) in [5.74, 6) is 0. The average Bonchev–Trinajstić information content (AvgIpc) is 1.80. The molecule has 0 amide bonds. The van der Waals surface area contributed by atoms with Crippen LogP contribution in [0.1, 0.15) is 19.3 Å². The molecule has 0 aromatic carbocycles. The van der Waals surface area contributed by atoms with Gasteiger partial charge in [0.2, 0.25) is 0 Å². The van der Waals surface area contributed by atoms with E-state index in [0.717, 1.165) is 6.42 Å². The molecule has 9 heavy (non-hydrogen) atoms. The zero-order valence-corrected chi connectivity index (χ0v) is 5.33. The van der Waals surface area contributed by atoms with Gasteiger partial charge in [-0.2, -0.15) is 0 Å². The van der Waals surface area contributed by atoms with E-state index in [9.17, 15) is 0 Å². The van der Waals surface area contributed by atoms with E-state index >= 15 is 0 Å². The van der Waals surface area contributed by atoms with Gasteiger partial charge in [-0.1, -0.05) is 0 Å². The summed E-state index contributed by atoms with van der Waals surface area (Å²) in [6, 6.07) is 0.0865. The molecule has 3 atom stereocenters. The Morgan fingerprint density at radius 1 is 1.11 bits per heavy atom. The zero-order chi connectivity index (χ0) is 6.85. The summed E-state index contributed by atoms with van der Waals surface area (Å²) in [4.78, 5) is 0. The molecule has 0 aromatic rings. The highest BCUT2D eigenvalue weighted by Crippen LogP contribution is 2.16. The molecule has 0 radical (unpaired) electrons. The Hall–Kier alpha value is -0.120. The highest BCUT2D eigenvalue weighted by atomic mass is 16.3. The molecule has 4 N–H and O–H groups in total. The fourth-order valence-corrected chi connectivity index (χ4v) is 1.16. The van der Waals surface area contributed by atoms with Crippen LogP contribution >= 0.6 is 0 Å². The van der Waals surface area contributed by atoms with Crippen LogP contribution in [-0.2, 0) is 0 Å². The molecule has 3 heteroatoms. The summed E-state index contributed by atoms with van der Waals surface area (Å²) in [6.45, 7) is 0. The van der Waals surface area contributed by atoms with E-state index in [4.69, 9.17) is 15.9 Å². The third kappa shape index (κ3) is 1.64. The van der Waals surface area contributed by atoms with Gasteiger partial charge in [-0.3, -0.25) is 0 Å². The fourth-order valence-electron chi connectivity index (χ4n) is 1.16. The Labute approximate surface area is 54.5 Å². The maximum atomic E-state index is 9.02. The third-order valence-corrected chi connectivity index (χ3v) is 1.82. The van der Waals surface area contributed by atoms with Gasteiger partial charge in [0.15, 0.2) is 0 Å². The van der Waals surface area contributed by atoms with Crippen LogP contribution in [0, 0.1) is 0 Å². The average molecular weight is 131 g/mol. The normalized spacial score (nSPS) is 45.0. The highest BCUT2D eigenvalue weighted by molar-refractivity contribution is 4.80. The van der Waals surface area contributed by atoms with Gasteiger partial charge in [-0.25, -0.2) is 0 Å². The Morgan fingerprint density at radius 2 is 1.78 bits per heavy atom. The Kier molecular flexibility index (Phi) is 2.05. The van der Waals surface area contributed by atoms with Gasteiger partial charge in [0.25, 0.3) is 0 Å². The third-order valence-electron chi connectivity index (χ3n) is 1.82. The smallest absolute Gasteiger partial charge is 0.0813 e. The van der Waals surface area contributed by atoms with E-state index in [-0.39, 0.29) is 6.04 Å². The number of nitrogens with two attached hydrogens (primary N) is 1. The second-order valence-electron chi connectivity index (χ2n) is 2.71. The van der Waals surface area contributed by atoms with Crippen molar-refractivity contribution in [2.24, 2.45) is 5.73 Å². The second kappa shape index (κ2) is 2.64. The first-order valence-corrected chi connectivity index (χ1v) is 3.32. The van der Waals surface area contributed by atoms with Crippen LogP contribution in [0.25, 0.3) is 0 Å². The monoisotopic (exact) mass is 131 g/mol. The van der Waals surface area contributed by atoms with E-state index in [1.54, 1.807) is 0 Å². The standard InChI is InChI=1S/C6H13NO2/c7-4-1-2-5(8)6(9)3-4/h4-6,8-9H,1-3,7H2/t4-,5?,6?/m1/s1. The van der Waals surface area contributed by atoms with Crippen molar-refractivity contribution in [1.29, 1.82) is 0 Å². The van der Waals surface area contributed by atoms with E-state index in [1.807, 2.05) is 0 Å². The van der Waals surface area contributed by atoms with Crippen LogP contribution in [-0.4, -0.2) is 28.5 Å². The van der Waals surface area contributed by atoms with Crippen molar-refractivity contribution in [3.8, 4) is 0 Å². The molecule has 1 saturated carbocycles. The Bertz CT molecular complexity index is 97.1. The van der Waals surface area contributed by atoms with Crippen molar-refractivity contribution >= 4 is 0 Å². The van der Waals surface area contributed by atoms with Crippen molar-refractivity contribution in [2.75, 3.05) is 0 Å². The first kappa shape index (κ1) is 6.99. The summed E-state index contributed by atoms with van der Waals surface area (Å²) in [7, 11) is 0. The first-order chi connectivity index (χ1) is 4.20. The maximum Gasteiger partial charge on any atom is 0.0813 e. The quantitative estimate of drug-likeness (QED) is 0.404. The molecule has 0 aliphatic heterocycles. The maximum absolute atomic E-state index is 9.02. The topological polar surface area (TPSA) is 66.5 Å². The van der Waals surface area contributed by atoms with Crippen LogP contribution < -0.4 is 5.73 Å². The summed E-state index contributed by atoms with van der Waals surface area (Å²) in [6.07, 6.45) is 0.889. The van der Waals surface area contributed by atoms with E-state index < -0.39 is 12.2 Å². The van der Waals surface area contributed by atoms with E-state index in [2.05, 4.69) is 0 Å². The lowest BCUT2D eigenvalue weighted by Gasteiger charge is -2.27. The molecule has 0 saturated heterocycles. The summed E-state index contributed by atoms with van der Waals surface area (Å²) in [5.41, 5.74) is 5.52. The molecule has 1 fully saturated rings. The Morgan fingerprint density at radius 3 is 2.22 bits per heavy atom. The van der Waals surface area contributed by atoms with Gasteiger partial charge in [0.1, 0.15) is 0 Å². The lowest BCUT2D eigenvalue weighted by Crippen LogP contribution is -2.39. The molecule has 0 aromatic heterocycles. The van der Waals surface area contributed by atoms with Crippen molar-refractivity contribution in [2.45, 2.75) is 37.5 Å². The highest BCUT2D eigenvalue weighted by Gasteiger charge is 2.24. The van der Waals surface area contributed by atoms with Gasteiger partial charge in [-0.05, 0) is 19.3 Å². The number of aliphatic hydroxyl groups is 2. The second-order valence-corrected chi connectivity index (χ2v) is 2.71. The molecular weight excluding hydrogens is 118 g/mol. The van der Waals surface area contributed by atoms with Crippen LogP contribution in [0.4, 0.5) is 0 Å². The van der Waals surface area contributed by atoms with Gasteiger partial charge in [0, 0.05) is 6.04 Å². The SMILES string of the molecule is N[C@@H]1CCC(O)C(O)C1. The minimum Gasteiger partial charge on any atom is -0.390 e. The summed E-state index contributed by atoms with van der Waals surface area (Å²) >= 11 is 0. The predicted octanol–water partition coefficient (Wildman–Crippen LogP) is -0.781. The molecular formula is C6H13NO2. The molecule has 2 unspecified atom stereocenters. The van der Waals surface area contributed by atoms with Gasteiger partial charge in [-0.15, -0.1) is 0 Å². The van der Waals surface area contributed by atoms with Crippen molar-refractivity contribution in [1.82, 2.24) is 0 Å². The number of rotatable bonds is 0. The minimum absolute atomic E-state index is 0.0865. The van der Waals surface area contributed by atoms with Crippen LogP contribution in [0.3, 0.4) is 0 Å². The van der Waals surface area contributed by atoms with Crippen molar-refractivity contribution in [3.05, 3.63) is 0 Å². The largest absolute Gasteiger partial charge is 0.390 e. The lowest BCUT2D eigenvalue weighted by molar-refractivity contribution is -0.0140. The molecule has 0 spiro atoms. The molecule has 1 rings (SSSR count). The minimum atomic E-state index is -0.589. The van der Waals surface area contributed by atoms with E-state index in [0.29, 0.717) is 12.8 Å². The zero-order valence-electron chi connectivity index (χ0n) is 5.33. The van der Waals surface area contributed by atoms with Crippen LogP contribution in [0.15, 0.2) is 0 Å². The number of hydrogen-bond acceptors (Lipinski definition) is 3.